The summed E-state index contributed by atoms with van der Waals surface area (Å²) in [5.41, 5.74) is 0.954. The number of ketones is 1. The van der Waals surface area contributed by atoms with Gasteiger partial charge >= 0.3 is 6.09 Å². The van der Waals surface area contributed by atoms with Gasteiger partial charge in [0.2, 0.25) is 0 Å². The molecule has 4 nitrogen and oxygen atoms in total. The van der Waals surface area contributed by atoms with E-state index in [9.17, 15) is 9.59 Å². The normalized spacial score (nSPS) is 12.1. The Morgan fingerprint density at radius 2 is 2.05 bits per heavy atom. The van der Waals surface area contributed by atoms with E-state index in [0.29, 0.717) is 6.42 Å². The summed E-state index contributed by atoms with van der Waals surface area (Å²) in [6.07, 6.45) is 6.39. The van der Waals surface area contributed by atoms with Crippen molar-refractivity contribution in [2.45, 2.75) is 32.4 Å². The maximum Gasteiger partial charge on any atom is 0.407 e. The van der Waals surface area contributed by atoms with Crippen molar-refractivity contribution in [3.05, 3.63) is 48.0 Å². The van der Waals surface area contributed by atoms with E-state index in [1.54, 1.807) is 17.8 Å². The summed E-state index contributed by atoms with van der Waals surface area (Å²) in [6, 6.07) is 9.53. The average molecular weight is 321 g/mol. The van der Waals surface area contributed by atoms with E-state index in [4.69, 9.17) is 4.74 Å². The number of thioether (sulfide) groups is 1. The highest BCUT2D eigenvalue weighted by Crippen LogP contribution is 2.07. The van der Waals surface area contributed by atoms with Crippen molar-refractivity contribution < 1.29 is 14.3 Å². The predicted molar refractivity (Wildman–Crippen MR) is 91.0 cm³/mol. The zero-order valence-electron chi connectivity index (χ0n) is 13.1. The highest BCUT2D eigenvalue weighted by molar-refractivity contribution is 7.98. The van der Waals surface area contributed by atoms with Crippen LogP contribution >= 0.6 is 11.8 Å². The first kappa shape index (κ1) is 18.3. The lowest BCUT2D eigenvalue weighted by molar-refractivity contribution is -0.112. The van der Waals surface area contributed by atoms with Gasteiger partial charge in [0.25, 0.3) is 0 Å². The number of amides is 1. The minimum atomic E-state index is -0.425. The van der Waals surface area contributed by atoms with Crippen molar-refractivity contribution in [1.29, 1.82) is 0 Å². The molecular weight excluding hydrogens is 298 g/mol. The Balaban J connectivity index is 2.42. The highest BCUT2D eigenvalue weighted by atomic mass is 32.2. The molecule has 0 saturated heterocycles. The molecule has 0 saturated carbocycles. The monoisotopic (exact) mass is 321 g/mol. The van der Waals surface area contributed by atoms with Gasteiger partial charge in [-0.25, -0.2) is 4.79 Å². The molecule has 0 bridgehead atoms. The van der Waals surface area contributed by atoms with Crippen LogP contribution in [-0.2, 0) is 16.1 Å². The summed E-state index contributed by atoms with van der Waals surface area (Å²) in [5.74, 6) is 0.952. The maximum absolute atomic E-state index is 11.9. The number of rotatable bonds is 9. The Bertz CT molecular complexity index is 488. The van der Waals surface area contributed by atoms with Gasteiger partial charge in [0.05, 0.1) is 0 Å². The Morgan fingerprint density at radius 1 is 1.32 bits per heavy atom. The number of hydrogen-bond acceptors (Lipinski definition) is 4. The van der Waals surface area contributed by atoms with Crippen LogP contribution in [0.4, 0.5) is 4.79 Å². The number of carbonyl (C=O) groups is 2. The Hall–Kier alpha value is -1.75. The molecule has 22 heavy (non-hydrogen) atoms. The summed E-state index contributed by atoms with van der Waals surface area (Å²) in [7, 11) is 0. The van der Waals surface area contributed by atoms with Gasteiger partial charge in [0.15, 0.2) is 5.78 Å². The van der Waals surface area contributed by atoms with Crippen LogP contribution in [0.25, 0.3) is 0 Å². The topological polar surface area (TPSA) is 55.4 Å². The summed E-state index contributed by atoms with van der Waals surface area (Å²) in [4.78, 5) is 22.8. The number of ether oxygens (including phenoxy) is 1. The van der Waals surface area contributed by atoms with Crippen molar-refractivity contribution in [3.63, 3.8) is 0 Å². The Morgan fingerprint density at radius 3 is 2.68 bits per heavy atom. The molecule has 5 heteroatoms. The third kappa shape index (κ3) is 8.52. The lowest BCUT2D eigenvalue weighted by Crippen LogP contribution is -2.35. The second-order valence-electron chi connectivity index (χ2n) is 4.93. The fourth-order valence-electron chi connectivity index (χ4n) is 1.84. The van der Waals surface area contributed by atoms with E-state index in [1.165, 1.54) is 13.0 Å². The SMILES string of the molecule is CSCC[C@@H](C/C=C/C(C)=O)NC(=O)OCc1ccccc1. The number of hydrogen-bond donors (Lipinski definition) is 1. The van der Waals surface area contributed by atoms with Gasteiger partial charge < -0.3 is 10.1 Å². The van der Waals surface area contributed by atoms with Crippen LogP contribution < -0.4 is 5.32 Å². The van der Waals surface area contributed by atoms with Crippen molar-refractivity contribution in [3.8, 4) is 0 Å². The number of alkyl carbamates (subject to hydrolysis) is 1. The van der Waals surface area contributed by atoms with E-state index in [-0.39, 0.29) is 18.4 Å². The lowest BCUT2D eigenvalue weighted by atomic mass is 10.1. The van der Waals surface area contributed by atoms with Crippen molar-refractivity contribution in [2.24, 2.45) is 0 Å². The summed E-state index contributed by atoms with van der Waals surface area (Å²) < 4.78 is 5.22. The first-order chi connectivity index (χ1) is 10.6. The third-order valence-corrected chi connectivity index (χ3v) is 3.62. The van der Waals surface area contributed by atoms with Crippen LogP contribution in [0, 0.1) is 0 Å². The minimum absolute atomic E-state index is 0.00951. The van der Waals surface area contributed by atoms with Crippen molar-refractivity contribution in [2.75, 3.05) is 12.0 Å². The lowest BCUT2D eigenvalue weighted by Gasteiger charge is -2.16. The van der Waals surface area contributed by atoms with Gasteiger partial charge in [-0.05, 0) is 43.4 Å². The molecule has 0 unspecified atom stereocenters. The van der Waals surface area contributed by atoms with Gasteiger partial charge in [0.1, 0.15) is 6.61 Å². The van der Waals surface area contributed by atoms with E-state index in [0.717, 1.165) is 17.7 Å². The quantitative estimate of drug-likeness (QED) is 0.707. The molecular formula is C17H23NO3S. The van der Waals surface area contributed by atoms with Crippen LogP contribution in [-0.4, -0.2) is 29.9 Å². The molecule has 1 aromatic rings. The Labute approximate surface area is 136 Å². The molecule has 0 aromatic heterocycles. The molecule has 1 atom stereocenters. The fourth-order valence-corrected chi connectivity index (χ4v) is 2.36. The van der Waals surface area contributed by atoms with Gasteiger partial charge in [-0.15, -0.1) is 0 Å². The third-order valence-electron chi connectivity index (χ3n) is 2.98. The van der Waals surface area contributed by atoms with Crippen molar-refractivity contribution in [1.82, 2.24) is 5.32 Å². The largest absolute Gasteiger partial charge is 0.445 e. The molecule has 0 radical (unpaired) electrons. The molecule has 1 amide bonds. The smallest absolute Gasteiger partial charge is 0.407 e. The average Bonchev–Trinajstić information content (AvgIpc) is 2.51. The Kier molecular flexibility index (Phi) is 9.07. The molecule has 0 aliphatic carbocycles. The number of allylic oxidation sites excluding steroid dienone is 1. The molecule has 0 heterocycles. The van der Waals surface area contributed by atoms with E-state index in [2.05, 4.69) is 5.32 Å². The standard InChI is InChI=1S/C17H23NO3S/c1-14(19)7-6-10-16(11-12-22-2)18-17(20)21-13-15-8-4-3-5-9-15/h3-9,16H,10-13H2,1-2H3,(H,18,20)/b7-6+/t16-/m1/s1. The predicted octanol–water partition coefficient (Wildman–Crippen LogP) is 3.57. The van der Waals surface area contributed by atoms with E-state index in [1.807, 2.05) is 36.6 Å². The first-order valence-electron chi connectivity index (χ1n) is 7.25. The van der Waals surface area contributed by atoms with Crippen molar-refractivity contribution >= 4 is 23.6 Å². The molecule has 0 fully saturated rings. The number of carbonyl (C=O) groups excluding carboxylic acids is 2. The molecule has 1 rings (SSSR count). The maximum atomic E-state index is 11.9. The van der Waals surface area contributed by atoms with Gasteiger partial charge in [-0.2, -0.15) is 11.8 Å². The zero-order valence-corrected chi connectivity index (χ0v) is 13.9. The van der Waals surface area contributed by atoms with Crippen LogP contribution in [0.15, 0.2) is 42.5 Å². The van der Waals surface area contributed by atoms with Gasteiger partial charge in [-0.3, -0.25) is 4.79 Å². The second kappa shape index (κ2) is 10.9. The van der Waals surface area contributed by atoms with Gasteiger partial charge in [-0.1, -0.05) is 36.4 Å². The zero-order chi connectivity index (χ0) is 16.2. The molecule has 1 aromatic carbocycles. The minimum Gasteiger partial charge on any atom is -0.445 e. The van der Waals surface area contributed by atoms with Gasteiger partial charge in [0, 0.05) is 6.04 Å². The second-order valence-corrected chi connectivity index (χ2v) is 5.92. The summed E-state index contributed by atoms with van der Waals surface area (Å²) >= 11 is 1.72. The van der Waals surface area contributed by atoms with Crippen LogP contribution in [0.1, 0.15) is 25.3 Å². The molecule has 0 aliphatic heterocycles. The summed E-state index contributed by atoms with van der Waals surface area (Å²) in [5, 5.41) is 2.86. The van der Waals surface area contributed by atoms with Crippen LogP contribution in [0.3, 0.4) is 0 Å². The molecule has 0 aliphatic rings. The first-order valence-corrected chi connectivity index (χ1v) is 8.64. The van der Waals surface area contributed by atoms with E-state index >= 15 is 0 Å². The fraction of sp³-hybridized carbons (Fsp3) is 0.412. The molecule has 120 valence electrons. The highest BCUT2D eigenvalue weighted by Gasteiger charge is 2.11. The number of benzene rings is 1. The molecule has 0 spiro atoms. The van der Waals surface area contributed by atoms with Crippen LogP contribution in [0.2, 0.25) is 0 Å². The number of nitrogens with one attached hydrogen (secondary N) is 1. The summed E-state index contributed by atoms with van der Waals surface area (Å²) in [6.45, 7) is 1.76. The van der Waals surface area contributed by atoms with Crippen LogP contribution in [0.5, 0.6) is 0 Å². The molecule has 1 N–H and O–H groups in total. The van der Waals surface area contributed by atoms with E-state index < -0.39 is 6.09 Å².